The number of halogens is 2. The second kappa shape index (κ2) is 8.62. The van der Waals surface area contributed by atoms with Gasteiger partial charge in [-0.1, -0.05) is 61.3 Å². The van der Waals surface area contributed by atoms with Gasteiger partial charge in [0, 0.05) is 10.6 Å². The number of rotatable bonds is 6. The molecule has 2 aromatic carbocycles. The van der Waals surface area contributed by atoms with Crippen LogP contribution in [0.3, 0.4) is 0 Å². The highest BCUT2D eigenvalue weighted by Gasteiger charge is 2.13. The van der Waals surface area contributed by atoms with Gasteiger partial charge in [-0.05, 0) is 36.1 Å². The van der Waals surface area contributed by atoms with Crippen molar-refractivity contribution in [1.82, 2.24) is 0 Å². The summed E-state index contributed by atoms with van der Waals surface area (Å²) in [5.74, 6) is 0.595. The molecule has 0 aliphatic heterocycles. The summed E-state index contributed by atoms with van der Waals surface area (Å²) in [6.45, 7) is 4.29. The maximum atomic E-state index is 12.3. The van der Waals surface area contributed by atoms with Gasteiger partial charge >= 0.3 is 0 Å². The van der Waals surface area contributed by atoms with Crippen molar-refractivity contribution in [3.05, 3.63) is 58.1 Å². The highest BCUT2D eigenvalue weighted by atomic mass is 35.5. The first-order chi connectivity index (χ1) is 11.0. The van der Waals surface area contributed by atoms with E-state index >= 15 is 0 Å². The van der Waals surface area contributed by atoms with Crippen LogP contribution in [-0.4, -0.2) is 11.7 Å². The van der Waals surface area contributed by atoms with E-state index in [4.69, 9.17) is 23.2 Å². The Hall–Kier alpha value is -1.16. The van der Waals surface area contributed by atoms with Gasteiger partial charge in [0.2, 0.25) is 5.91 Å². The Morgan fingerprint density at radius 1 is 1.13 bits per heavy atom. The van der Waals surface area contributed by atoms with Gasteiger partial charge in [0.05, 0.1) is 15.8 Å². The Labute approximate surface area is 151 Å². The summed E-state index contributed by atoms with van der Waals surface area (Å²) in [6, 6.07) is 13.2. The van der Waals surface area contributed by atoms with Gasteiger partial charge in [-0.15, -0.1) is 11.8 Å². The van der Waals surface area contributed by atoms with Crippen molar-refractivity contribution in [2.24, 2.45) is 0 Å². The third-order valence-electron chi connectivity index (χ3n) is 3.64. The maximum absolute atomic E-state index is 12.3. The summed E-state index contributed by atoms with van der Waals surface area (Å²) >= 11 is 13.6. The number of nitrogens with one attached hydrogen (secondary N) is 1. The zero-order valence-electron chi connectivity index (χ0n) is 13.1. The van der Waals surface area contributed by atoms with Crippen LogP contribution in [0, 0.1) is 0 Å². The lowest BCUT2D eigenvalue weighted by molar-refractivity contribution is -0.113. The minimum Gasteiger partial charge on any atom is -0.325 e. The van der Waals surface area contributed by atoms with Crippen molar-refractivity contribution >= 4 is 46.6 Å². The van der Waals surface area contributed by atoms with Gasteiger partial charge in [0.25, 0.3) is 0 Å². The molecule has 0 aliphatic carbocycles. The molecule has 1 atom stereocenters. The van der Waals surface area contributed by atoms with Crippen LogP contribution >= 0.6 is 35.0 Å². The number of hydrogen-bond acceptors (Lipinski definition) is 2. The minimum atomic E-state index is -0.0678. The van der Waals surface area contributed by atoms with Crippen molar-refractivity contribution in [1.29, 1.82) is 0 Å². The van der Waals surface area contributed by atoms with E-state index in [1.807, 2.05) is 18.2 Å². The molecule has 2 aromatic rings. The summed E-state index contributed by atoms with van der Waals surface area (Å²) in [4.78, 5) is 13.0. The van der Waals surface area contributed by atoms with Gasteiger partial charge in [0.1, 0.15) is 0 Å². The van der Waals surface area contributed by atoms with Crippen LogP contribution in [0.4, 0.5) is 5.69 Å². The number of carbonyl (C=O) groups is 1. The topological polar surface area (TPSA) is 29.1 Å². The fraction of sp³-hybridized carbons (Fsp3) is 0.278. The summed E-state index contributed by atoms with van der Waals surface area (Å²) in [5.41, 5.74) is 2.03. The SMILES string of the molecule is CC[C@@H](C)c1ccccc1NC(=O)CSc1c(Cl)cccc1Cl. The van der Waals surface area contributed by atoms with E-state index in [2.05, 4.69) is 25.2 Å². The fourth-order valence-electron chi connectivity index (χ4n) is 2.20. The monoisotopic (exact) mass is 367 g/mol. The van der Waals surface area contributed by atoms with E-state index < -0.39 is 0 Å². The molecular formula is C18H19Cl2NOS. The second-order valence-corrected chi connectivity index (χ2v) is 7.08. The third kappa shape index (κ3) is 4.90. The van der Waals surface area contributed by atoms with Crippen LogP contribution in [0.5, 0.6) is 0 Å². The zero-order chi connectivity index (χ0) is 16.8. The van der Waals surface area contributed by atoms with E-state index in [-0.39, 0.29) is 11.7 Å². The van der Waals surface area contributed by atoms with Gasteiger partial charge < -0.3 is 5.32 Å². The molecule has 1 amide bonds. The summed E-state index contributed by atoms with van der Waals surface area (Å²) < 4.78 is 0. The molecule has 0 heterocycles. The molecule has 0 radical (unpaired) electrons. The normalized spacial score (nSPS) is 12.0. The van der Waals surface area contributed by atoms with Crippen molar-refractivity contribution in [2.45, 2.75) is 31.1 Å². The van der Waals surface area contributed by atoms with E-state index in [9.17, 15) is 4.79 Å². The molecule has 2 rings (SSSR count). The third-order valence-corrected chi connectivity index (χ3v) is 5.63. The number of para-hydroxylation sites is 1. The molecule has 23 heavy (non-hydrogen) atoms. The smallest absolute Gasteiger partial charge is 0.234 e. The van der Waals surface area contributed by atoms with E-state index in [1.54, 1.807) is 18.2 Å². The number of amides is 1. The van der Waals surface area contributed by atoms with Crippen molar-refractivity contribution < 1.29 is 4.79 Å². The Bertz CT molecular complexity index is 670. The molecule has 0 aromatic heterocycles. The average Bonchev–Trinajstić information content (AvgIpc) is 2.54. The zero-order valence-corrected chi connectivity index (χ0v) is 15.4. The fourth-order valence-corrected chi connectivity index (χ4v) is 3.69. The predicted molar refractivity (Wildman–Crippen MR) is 101 cm³/mol. The molecule has 0 bridgehead atoms. The summed E-state index contributed by atoms with van der Waals surface area (Å²) in [6.07, 6.45) is 1.02. The first-order valence-corrected chi connectivity index (χ1v) is 9.22. The predicted octanol–water partition coefficient (Wildman–Crippen LogP) is 6.24. The van der Waals surface area contributed by atoms with E-state index in [0.29, 0.717) is 16.0 Å². The highest BCUT2D eigenvalue weighted by Crippen LogP contribution is 2.34. The average molecular weight is 368 g/mol. The molecule has 5 heteroatoms. The van der Waals surface area contributed by atoms with Crippen molar-refractivity contribution in [2.75, 3.05) is 11.1 Å². The van der Waals surface area contributed by atoms with Crippen LogP contribution in [0.1, 0.15) is 31.7 Å². The number of hydrogen-bond donors (Lipinski definition) is 1. The van der Waals surface area contributed by atoms with Crippen LogP contribution < -0.4 is 5.32 Å². The highest BCUT2D eigenvalue weighted by molar-refractivity contribution is 8.00. The molecule has 122 valence electrons. The van der Waals surface area contributed by atoms with E-state index in [0.717, 1.165) is 22.6 Å². The first kappa shape index (κ1) is 18.2. The van der Waals surface area contributed by atoms with Gasteiger partial charge in [-0.3, -0.25) is 4.79 Å². The Morgan fingerprint density at radius 3 is 2.43 bits per heavy atom. The number of thioether (sulfide) groups is 1. The van der Waals surface area contributed by atoms with Gasteiger partial charge in [0.15, 0.2) is 0 Å². The van der Waals surface area contributed by atoms with Crippen molar-refractivity contribution in [3.63, 3.8) is 0 Å². The number of anilines is 1. The summed E-state index contributed by atoms with van der Waals surface area (Å²) in [7, 11) is 0. The van der Waals surface area contributed by atoms with Crippen LogP contribution in [0.15, 0.2) is 47.4 Å². The lowest BCUT2D eigenvalue weighted by atomic mass is 9.97. The van der Waals surface area contributed by atoms with Gasteiger partial charge in [-0.2, -0.15) is 0 Å². The largest absolute Gasteiger partial charge is 0.325 e. The molecule has 0 fully saturated rings. The molecule has 0 saturated heterocycles. The molecule has 0 spiro atoms. The Morgan fingerprint density at radius 2 is 1.78 bits per heavy atom. The lowest BCUT2D eigenvalue weighted by Crippen LogP contribution is -2.15. The quantitative estimate of drug-likeness (QED) is 0.612. The molecule has 0 aliphatic rings. The number of benzene rings is 2. The van der Waals surface area contributed by atoms with Crippen LogP contribution in [0.2, 0.25) is 10.0 Å². The second-order valence-electron chi connectivity index (χ2n) is 5.28. The van der Waals surface area contributed by atoms with Crippen molar-refractivity contribution in [3.8, 4) is 0 Å². The minimum absolute atomic E-state index is 0.0678. The maximum Gasteiger partial charge on any atom is 0.234 e. The summed E-state index contributed by atoms with van der Waals surface area (Å²) in [5, 5.41) is 4.12. The molecule has 0 unspecified atom stereocenters. The van der Waals surface area contributed by atoms with E-state index in [1.165, 1.54) is 11.8 Å². The number of carbonyl (C=O) groups excluding carboxylic acids is 1. The molecule has 2 nitrogen and oxygen atoms in total. The molecular weight excluding hydrogens is 349 g/mol. The van der Waals surface area contributed by atoms with Gasteiger partial charge in [-0.25, -0.2) is 0 Å². The van der Waals surface area contributed by atoms with Crippen LogP contribution in [-0.2, 0) is 4.79 Å². The Balaban J connectivity index is 2.03. The molecule has 1 N–H and O–H groups in total. The standard InChI is InChI=1S/C18H19Cl2NOS/c1-3-12(2)13-7-4-5-10-16(13)21-17(22)11-23-18-14(19)8-6-9-15(18)20/h4-10,12H,3,11H2,1-2H3,(H,21,22)/t12-/m1/s1. The molecule has 0 saturated carbocycles. The lowest BCUT2D eigenvalue weighted by Gasteiger charge is -2.15. The van der Waals surface area contributed by atoms with Crippen LogP contribution in [0.25, 0.3) is 0 Å². The first-order valence-electron chi connectivity index (χ1n) is 7.48. The Kier molecular flexibility index (Phi) is 6.82.